The Balaban J connectivity index is 2.60. The molecule has 0 aromatic rings. The lowest BCUT2D eigenvalue weighted by atomic mass is 9.45. The Morgan fingerprint density at radius 3 is 2.29 bits per heavy atom. The highest BCUT2D eigenvalue weighted by Crippen LogP contribution is 2.61. The van der Waals surface area contributed by atoms with Gasteiger partial charge in [0.15, 0.2) is 11.6 Å². The molecule has 0 saturated heterocycles. The van der Waals surface area contributed by atoms with Crippen LogP contribution in [0.25, 0.3) is 0 Å². The molecule has 0 aromatic carbocycles. The number of aliphatic hydroxyl groups excluding tert-OH is 1. The summed E-state index contributed by atoms with van der Waals surface area (Å²) in [6.07, 6.45) is 7.37. The van der Waals surface area contributed by atoms with Crippen molar-refractivity contribution in [2.45, 2.75) is 60.8 Å². The van der Waals surface area contributed by atoms with Crippen LogP contribution in [0.5, 0.6) is 0 Å². The Morgan fingerprint density at radius 2 is 1.75 bits per heavy atom. The van der Waals surface area contributed by atoms with Crippen molar-refractivity contribution in [2.75, 3.05) is 0 Å². The van der Waals surface area contributed by atoms with Crippen LogP contribution in [0.4, 0.5) is 0 Å². The predicted octanol–water partition coefficient (Wildman–Crippen LogP) is 4.94. The third-order valence-electron chi connectivity index (χ3n) is 6.06. The van der Waals surface area contributed by atoms with Gasteiger partial charge in [0.1, 0.15) is 5.76 Å². The van der Waals surface area contributed by atoms with Crippen molar-refractivity contribution in [1.29, 1.82) is 0 Å². The maximum Gasteiger partial charge on any atom is 0.169 e. The fourth-order valence-corrected chi connectivity index (χ4v) is 4.30. The quantitative estimate of drug-likeness (QED) is 0.586. The van der Waals surface area contributed by atoms with Gasteiger partial charge in [-0.1, -0.05) is 37.1 Å². The average molecular weight is 330 g/mol. The topological polar surface area (TPSA) is 54.4 Å². The van der Waals surface area contributed by atoms with Crippen molar-refractivity contribution >= 4 is 11.6 Å². The average Bonchev–Trinajstić information content (AvgIpc) is 2.44. The monoisotopic (exact) mass is 330 g/mol. The second-order valence-electron chi connectivity index (χ2n) is 8.41. The van der Waals surface area contributed by atoms with Gasteiger partial charge in [-0.2, -0.15) is 0 Å². The maximum atomic E-state index is 13.2. The van der Waals surface area contributed by atoms with E-state index in [1.165, 1.54) is 11.6 Å². The molecule has 2 bridgehead atoms. The van der Waals surface area contributed by atoms with E-state index in [1.54, 1.807) is 0 Å². The Hall–Kier alpha value is -1.64. The molecule has 2 unspecified atom stereocenters. The first kappa shape index (κ1) is 18.7. The smallest absolute Gasteiger partial charge is 0.169 e. The molecule has 2 rings (SSSR count). The minimum absolute atomic E-state index is 0.0434. The van der Waals surface area contributed by atoms with Crippen LogP contribution in [0, 0.1) is 22.7 Å². The van der Waals surface area contributed by atoms with Crippen LogP contribution in [0.2, 0.25) is 0 Å². The number of hydrogen-bond donors (Lipinski definition) is 1. The summed E-state index contributed by atoms with van der Waals surface area (Å²) in [5.41, 5.74) is 0.944. The molecule has 0 aromatic heterocycles. The van der Waals surface area contributed by atoms with E-state index in [9.17, 15) is 14.7 Å². The lowest BCUT2D eigenvalue weighted by molar-refractivity contribution is -0.157. The van der Waals surface area contributed by atoms with Gasteiger partial charge < -0.3 is 5.11 Å². The summed E-state index contributed by atoms with van der Waals surface area (Å²) in [6, 6.07) is 0. The van der Waals surface area contributed by atoms with Crippen molar-refractivity contribution in [3.8, 4) is 0 Å². The summed E-state index contributed by atoms with van der Waals surface area (Å²) in [5, 5.41) is 10.7. The summed E-state index contributed by atoms with van der Waals surface area (Å²) in [7, 11) is 0. The van der Waals surface area contributed by atoms with Crippen LogP contribution in [0.3, 0.4) is 0 Å². The van der Waals surface area contributed by atoms with E-state index >= 15 is 0 Å². The third-order valence-corrected chi connectivity index (χ3v) is 6.06. The van der Waals surface area contributed by atoms with Gasteiger partial charge in [-0.3, -0.25) is 9.59 Å². The van der Waals surface area contributed by atoms with Gasteiger partial charge in [0, 0.05) is 6.08 Å². The normalized spacial score (nSPS) is 31.3. The number of rotatable bonds is 4. The number of aliphatic hydroxyl groups is 1. The van der Waals surface area contributed by atoms with Crippen molar-refractivity contribution in [3.63, 3.8) is 0 Å². The standard InChI is InChI=1S/C21H30O3/c1-13(2)7-8-15-11-16-17(22)12-18(23)21(19(16)24,20(15,5)6)10-9-14(3)4/h7,9,12,15-16,23H,8,10-11H2,1-6H3/t15?,16?,21-/m1/s1. The molecule has 1 saturated carbocycles. The van der Waals surface area contributed by atoms with Crippen molar-refractivity contribution in [1.82, 2.24) is 0 Å². The zero-order valence-electron chi connectivity index (χ0n) is 15.8. The molecule has 2 aliphatic rings. The molecule has 3 nitrogen and oxygen atoms in total. The van der Waals surface area contributed by atoms with E-state index in [-0.39, 0.29) is 23.2 Å². The molecule has 2 aliphatic carbocycles. The Labute approximate surface area is 145 Å². The molecule has 0 radical (unpaired) electrons. The lowest BCUT2D eigenvalue weighted by Crippen LogP contribution is -2.59. The highest BCUT2D eigenvalue weighted by atomic mass is 16.3. The molecule has 0 spiro atoms. The zero-order valence-corrected chi connectivity index (χ0v) is 15.8. The molecule has 132 valence electrons. The lowest BCUT2D eigenvalue weighted by Gasteiger charge is -2.56. The number of carbonyl (C=O) groups is 2. The van der Waals surface area contributed by atoms with Gasteiger partial charge >= 0.3 is 0 Å². The number of fused-ring (bicyclic) bond motifs is 2. The van der Waals surface area contributed by atoms with Crippen LogP contribution in [-0.2, 0) is 9.59 Å². The van der Waals surface area contributed by atoms with Crippen LogP contribution >= 0.6 is 0 Å². The number of carbonyl (C=O) groups excluding carboxylic acids is 2. The summed E-state index contributed by atoms with van der Waals surface area (Å²) < 4.78 is 0. The zero-order chi connectivity index (χ0) is 18.3. The van der Waals surface area contributed by atoms with Crippen LogP contribution in [0.15, 0.2) is 35.1 Å². The van der Waals surface area contributed by atoms with E-state index in [0.29, 0.717) is 12.8 Å². The number of allylic oxidation sites excluding steroid dienone is 6. The third kappa shape index (κ3) is 2.78. The minimum Gasteiger partial charge on any atom is -0.511 e. The maximum absolute atomic E-state index is 13.2. The number of hydrogen-bond acceptors (Lipinski definition) is 3. The number of Topliss-reactive ketones (excluding diaryl/α,β-unsaturated/α-hetero) is 1. The molecule has 3 heteroatoms. The second-order valence-corrected chi connectivity index (χ2v) is 8.41. The van der Waals surface area contributed by atoms with Gasteiger partial charge in [-0.25, -0.2) is 0 Å². The van der Waals surface area contributed by atoms with Crippen LogP contribution < -0.4 is 0 Å². The van der Waals surface area contributed by atoms with Gasteiger partial charge in [-0.15, -0.1) is 0 Å². The second kappa shape index (κ2) is 6.34. The van der Waals surface area contributed by atoms with E-state index in [4.69, 9.17) is 0 Å². The van der Waals surface area contributed by atoms with Gasteiger partial charge in [0.05, 0.1) is 11.3 Å². The molecule has 0 aliphatic heterocycles. The van der Waals surface area contributed by atoms with Crippen molar-refractivity contribution in [2.24, 2.45) is 22.7 Å². The van der Waals surface area contributed by atoms with E-state index in [2.05, 4.69) is 33.8 Å². The Kier molecular flexibility index (Phi) is 4.94. The predicted molar refractivity (Wildman–Crippen MR) is 96.6 cm³/mol. The summed E-state index contributed by atoms with van der Waals surface area (Å²) in [6.45, 7) is 12.2. The molecular formula is C21H30O3. The molecule has 1 N–H and O–H groups in total. The summed E-state index contributed by atoms with van der Waals surface area (Å²) >= 11 is 0. The van der Waals surface area contributed by atoms with Gasteiger partial charge in [0.25, 0.3) is 0 Å². The highest BCUT2D eigenvalue weighted by molar-refractivity contribution is 6.14. The first-order valence-electron chi connectivity index (χ1n) is 8.80. The molecule has 0 amide bonds. The van der Waals surface area contributed by atoms with Gasteiger partial charge in [-0.05, 0) is 58.3 Å². The number of ketones is 2. The molecule has 1 fully saturated rings. The first-order valence-corrected chi connectivity index (χ1v) is 8.80. The van der Waals surface area contributed by atoms with Crippen molar-refractivity contribution < 1.29 is 14.7 Å². The molecule has 0 heterocycles. The van der Waals surface area contributed by atoms with Crippen LogP contribution in [0.1, 0.15) is 60.8 Å². The minimum atomic E-state index is -0.985. The first-order chi connectivity index (χ1) is 11.0. The molecular weight excluding hydrogens is 300 g/mol. The van der Waals surface area contributed by atoms with E-state index in [1.807, 2.05) is 19.9 Å². The van der Waals surface area contributed by atoms with Gasteiger partial charge in [0.2, 0.25) is 0 Å². The fourth-order valence-electron chi connectivity index (χ4n) is 4.30. The Bertz CT molecular complexity index is 640. The van der Waals surface area contributed by atoms with E-state index < -0.39 is 16.7 Å². The van der Waals surface area contributed by atoms with Crippen molar-refractivity contribution in [3.05, 3.63) is 35.1 Å². The Morgan fingerprint density at radius 1 is 1.17 bits per heavy atom. The molecule has 3 atom stereocenters. The molecule has 24 heavy (non-hydrogen) atoms. The fraction of sp³-hybridized carbons (Fsp3) is 0.619. The summed E-state index contributed by atoms with van der Waals surface area (Å²) in [4.78, 5) is 25.5. The largest absolute Gasteiger partial charge is 0.511 e. The van der Waals surface area contributed by atoms with E-state index in [0.717, 1.165) is 12.0 Å². The summed E-state index contributed by atoms with van der Waals surface area (Å²) in [5.74, 6) is -0.792. The highest BCUT2D eigenvalue weighted by Gasteiger charge is 2.64. The van der Waals surface area contributed by atoms with Crippen LogP contribution in [-0.4, -0.2) is 16.7 Å². The SMILES string of the molecule is CC(C)=CCC1CC2C(=O)C=C(O)[C@](CC=C(C)C)(C2=O)C1(C)C.